The minimum atomic E-state index is 0.166. The zero-order valence-electron chi connectivity index (χ0n) is 8.78. The maximum Gasteiger partial charge on any atom is 0.162 e. The molecule has 0 atom stereocenters. The summed E-state index contributed by atoms with van der Waals surface area (Å²) in [6.45, 7) is 4.04. The first-order valence-corrected chi connectivity index (χ1v) is 5.66. The van der Waals surface area contributed by atoms with Gasteiger partial charge in [0.2, 0.25) is 0 Å². The fourth-order valence-corrected chi connectivity index (χ4v) is 2.43. The van der Waals surface area contributed by atoms with Crippen LogP contribution in [0.3, 0.4) is 0 Å². The zero-order chi connectivity index (χ0) is 10.8. The second-order valence-corrected chi connectivity index (χ2v) is 4.50. The summed E-state index contributed by atoms with van der Waals surface area (Å²) in [6, 6.07) is 3.86. The molecule has 0 aromatic carbocycles. The van der Waals surface area contributed by atoms with Crippen LogP contribution in [0.15, 0.2) is 16.5 Å². The standard InChI is InChI=1S/C11H13NO2S/c1-7-3-4-9(14-7)11-12-8(2)10(15-11)5-6-13/h3-4,13H,5-6H2,1-2H3. The number of aryl methyl sites for hydroxylation is 2. The molecule has 0 aliphatic rings. The number of hydrogen-bond donors (Lipinski definition) is 1. The maximum absolute atomic E-state index is 8.88. The summed E-state index contributed by atoms with van der Waals surface area (Å²) in [7, 11) is 0. The van der Waals surface area contributed by atoms with E-state index in [-0.39, 0.29) is 6.61 Å². The topological polar surface area (TPSA) is 46.3 Å². The molecular weight excluding hydrogens is 210 g/mol. The third-order valence-electron chi connectivity index (χ3n) is 2.18. The van der Waals surface area contributed by atoms with Gasteiger partial charge in [-0.05, 0) is 26.0 Å². The van der Waals surface area contributed by atoms with E-state index in [1.165, 1.54) is 0 Å². The fraction of sp³-hybridized carbons (Fsp3) is 0.364. The van der Waals surface area contributed by atoms with Crippen molar-refractivity contribution in [3.05, 3.63) is 28.5 Å². The van der Waals surface area contributed by atoms with Crippen molar-refractivity contribution in [2.45, 2.75) is 20.3 Å². The van der Waals surface area contributed by atoms with Gasteiger partial charge in [-0.1, -0.05) is 0 Å². The highest BCUT2D eigenvalue weighted by atomic mass is 32.1. The van der Waals surface area contributed by atoms with Gasteiger partial charge in [0.05, 0.1) is 5.69 Å². The Morgan fingerprint density at radius 1 is 1.40 bits per heavy atom. The van der Waals surface area contributed by atoms with Crippen molar-refractivity contribution in [1.29, 1.82) is 0 Å². The molecule has 0 radical (unpaired) electrons. The average molecular weight is 223 g/mol. The van der Waals surface area contributed by atoms with Crippen molar-refractivity contribution in [1.82, 2.24) is 4.98 Å². The molecule has 2 rings (SSSR count). The van der Waals surface area contributed by atoms with Crippen LogP contribution in [0.25, 0.3) is 10.8 Å². The van der Waals surface area contributed by atoms with Gasteiger partial charge in [-0.2, -0.15) is 0 Å². The van der Waals surface area contributed by atoms with Gasteiger partial charge in [-0.25, -0.2) is 4.98 Å². The molecule has 15 heavy (non-hydrogen) atoms. The highest BCUT2D eigenvalue weighted by molar-refractivity contribution is 7.15. The van der Waals surface area contributed by atoms with Crippen molar-refractivity contribution in [3.8, 4) is 10.8 Å². The quantitative estimate of drug-likeness (QED) is 0.869. The van der Waals surface area contributed by atoms with Gasteiger partial charge >= 0.3 is 0 Å². The Hall–Kier alpha value is -1.13. The first-order valence-electron chi connectivity index (χ1n) is 4.84. The molecule has 3 nitrogen and oxygen atoms in total. The molecule has 0 saturated heterocycles. The van der Waals surface area contributed by atoms with Crippen LogP contribution in [0, 0.1) is 13.8 Å². The van der Waals surface area contributed by atoms with E-state index in [1.54, 1.807) is 11.3 Å². The van der Waals surface area contributed by atoms with Crippen molar-refractivity contribution in [2.24, 2.45) is 0 Å². The van der Waals surface area contributed by atoms with Crippen LogP contribution in [0.1, 0.15) is 16.3 Å². The molecule has 2 aromatic rings. The molecule has 2 heterocycles. The van der Waals surface area contributed by atoms with Gasteiger partial charge in [-0.15, -0.1) is 11.3 Å². The first kappa shape index (κ1) is 10.4. The van der Waals surface area contributed by atoms with Crippen LogP contribution in [0.5, 0.6) is 0 Å². The van der Waals surface area contributed by atoms with E-state index in [0.29, 0.717) is 6.42 Å². The molecule has 1 N–H and O–H groups in total. The van der Waals surface area contributed by atoms with Gasteiger partial charge in [0.15, 0.2) is 10.8 Å². The lowest BCUT2D eigenvalue weighted by Gasteiger charge is -1.90. The van der Waals surface area contributed by atoms with Gasteiger partial charge in [0.1, 0.15) is 5.76 Å². The minimum Gasteiger partial charge on any atom is -0.459 e. The number of hydrogen-bond acceptors (Lipinski definition) is 4. The average Bonchev–Trinajstić information content (AvgIpc) is 2.75. The molecule has 0 spiro atoms. The maximum atomic E-state index is 8.88. The number of furan rings is 1. The van der Waals surface area contributed by atoms with Gasteiger partial charge in [0, 0.05) is 17.9 Å². The van der Waals surface area contributed by atoms with E-state index in [0.717, 1.165) is 27.1 Å². The van der Waals surface area contributed by atoms with E-state index < -0.39 is 0 Å². The van der Waals surface area contributed by atoms with Gasteiger partial charge < -0.3 is 9.52 Å². The molecule has 0 bridgehead atoms. The Morgan fingerprint density at radius 2 is 2.20 bits per heavy atom. The second-order valence-electron chi connectivity index (χ2n) is 3.41. The zero-order valence-corrected chi connectivity index (χ0v) is 9.60. The van der Waals surface area contributed by atoms with Crippen molar-refractivity contribution in [2.75, 3.05) is 6.61 Å². The molecule has 80 valence electrons. The Bertz CT molecular complexity index is 459. The van der Waals surface area contributed by atoms with Crippen molar-refractivity contribution < 1.29 is 9.52 Å². The van der Waals surface area contributed by atoms with Crippen molar-refractivity contribution >= 4 is 11.3 Å². The van der Waals surface area contributed by atoms with E-state index >= 15 is 0 Å². The number of nitrogens with zero attached hydrogens (tertiary/aromatic N) is 1. The molecular formula is C11H13NO2S. The van der Waals surface area contributed by atoms with Crippen LogP contribution in [-0.2, 0) is 6.42 Å². The molecule has 0 fully saturated rings. The summed E-state index contributed by atoms with van der Waals surface area (Å²) in [5.41, 5.74) is 0.984. The van der Waals surface area contributed by atoms with Crippen LogP contribution in [0.4, 0.5) is 0 Å². The minimum absolute atomic E-state index is 0.166. The molecule has 0 aliphatic carbocycles. The van der Waals surface area contributed by atoms with Gasteiger partial charge in [-0.3, -0.25) is 0 Å². The lowest BCUT2D eigenvalue weighted by atomic mass is 10.3. The van der Waals surface area contributed by atoms with E-state index in [4.69, 9.17) is 9.52 Å². The number of aliphatic hydroxyl groups excluding tert-OH is 1. The molecule has 0 aliphatic heterocycles. The van der Waals surface area contributed by atoms with Crippen LogP contribution < -0.4 is 0 Å². The second kappa shape index (κ2) is 4.16. The SMILES string of the molecule is Cc1ccc(-c2nc(C)c(CCO)s2)o1. The highest BCUT2D eigenvalue weighted by Crippen LogP contribution is 2.29. The van der Waals surface area contributed by atoms with E-state index in [9.17, 15) is 0 Å². The largest absolute Gasteiger partial charge is 0.459 e. The summed E-state index contributed by atoms with van der Waals surface area (Å²) in [5, 5.41) is 9.78. The summed E-state index contributed by atoms with van der Waals surface area (Å²) in [5.74, 6) is 1.70. The molecule has 0 unspecified atom stereocenters. The lowest BCUT2D eigenvalue weighted by molar-refractivity contribution is 0.300. The predicted octanol–water partition coefficient (Wildman–Crippen LogP) is 2.55. The third kappa shape index (κ3) is 2.11. The third-order valence-corrected chi connectivity index (χ3v) is 3.41. The monoisotopic (exact) mass is 223 g/mol. The fourth-order valence-electron chi connectivity index (χ4n) is 1.42. The first-order chi connectivity index (χ1) is 7.20. The predicted molar refractivity (Wildman–Crippen MR) is 60.1 cm³/mol. The Kier molecular flexibility index (Phi) is 2.88. The van der Waals surface area contributed by atoms with E-state index in [1.807, 2.05) is 26.0 Å². The highest BCUT2D eigenvalue weighted by Gasteiger charge is 2.11. The Morgan fingerprint density at radius 3 is 2.80 bits per heavy atom. The van der Waals surface area contributed by atoms with E-state index in [2.05, 4.69) is 4.98 Å². The molecule has 4 heteroatoms. The lowest BCUT2D eigenvalue weighted by Crippen LogP contribution is -1.88. The summed E-state index contributed by atoms with van der Waals surface area (Å²) in [4.78, 5) is 5.55. The Balaban J connectivity index is 2.33. The summed E-state index contributed by atoms with van der Waals surface area (Å²) >= 11 is 1.59. The number of rotatable bonds is 3. The van der Waals surface area contributed by atoms with Crippen LogP contribution >= 0.6 is 11.3 Å². The van der Waals surface area contributed by atoms with Crippen LogP contribution in [-0.4, -0.2) is 16.7 Å². The smallest absolute Gasteiger partial charge is 0.162 e. The Labute approximate surface area is 92.4 Å². The summed E-state index contributed by atoms with van der Waals surface area (Å²) in [6.07, 6.45) is 0.670. The summed E-state index contributed by atoms with van der Waals surface area (Å²) < 4.78 is 5.50. The van der Waals surface area contributed by atoms with Gasteiger partial charge in [0.25, 0.3) is 0 Å². The molecule has 0 amide bonds. The number of thiazole rings is 1. The molecule has 2 aromatic heterocycles. The van der Waals surface area contributed by atoms with Crippen LogP contribution in [0.2, 0.25) is 0 Å². The molecule has 0 saturated carbocycles. The normalized spacial score (nSPS) is 10.9. The number of aliphatic hydroxyl groups is 1. The number of aromatic nitrogens is 1. The van der Waals surface area contributed by atoms with Crippen molar-refractivity contribution in [3.63, 3.8) is 0 Å².